The van der Waals surface area contributed by atoms with Crippen LogP contribution >= 0.6 is 0 Å². The van der Waals surface area contributed by atoms with E-state index in [0.29, 0.717) is 39.4 Å². The molecule has 32 heavy (non-hydrogen) atoms. The van der Waals surface area contributed by atoms with Gasteiger partial charge in [0, 0.05) is 22.6 Å². The maximum absolute atomic E-state index is 13.3. The molecule has 3 aromatic rings. The van der Waals surface area contributed by atoms with Crippen LogP contribution in [0.2, 0.25) is 0 Å². The minimum atomic E-state index is -0.698. The van der Waals surface area contributed by atoms with Crippen molar-refractivity contribution in [1.29, 1.82) is 0 Å². The van der Waals surface area contributed by atoms with Crippen molar-refractivity contribution in [3.8, 4) is 17.2 Å². The molecule has 2 aromatic carbocycles. The first-order valence-corrected chi connectivity index (χ1v) is 10.3. The predicted octanol–water partition coefficient (Wildman–Crippen LogP) is 5.41. The van der Waals surface area contributed by atoms with Crippen molar-refractivity contribution in [1.82, 2.24) is 4.57 Å². The van der Waals surface area contributed by atoms with E-state index in [9.17, 15) is 9.59 Å². The molecule has 7 nitrogen and oxygen atoms in total. The Kier molecular flexibility index (Phi) is 6.48. The number of carbonyl (C=O) groups is 2. The largest absolute Gasteiger partial charge is 0.493 e. The van der Waals surface area contributed by atoms with E-state index in [1.165, 1.54) is 11.7 Å². The second kappa shape index (κ2) is 8.94. The summed E-state index contributed by atoms with van der Waals surface area (Å²) in [6.07, 6.45) is 0.239. The Balaban J connectivity index is 2.29. The summed E-state index contributed by atoms with van der Waals surface area (Å²) in [6, 6.07) is 10.9. The summed E-state index contributed by atoms with van der Waals surface area (Å²) >= 11 is 0. The molecule has 170 valence electrons. The monoisotopic (exact) mass is 439 g/mol. The standard InChI is InChI=1S/C25H29NO6/c1-15(16-12-20(29-5)23(31-7)21(13-16)30-6)22-18(14-27)17-10-8-9-11-19(17)26(22)24(28)32-25(2,3)4/h8-15H,1-7H3/t15-/m1/s1. The third-order valence-electron chi connectivity index (χ3n) is 5.24. The SMILES string of the molecule is COc1cc([C@@H](C)c2c(C=O)c3ccccc3n2C(=O)OC(C)(C)C)cc(OC)c1OC. The van der Waals surface area contributed by atoms with Gasteiger partial charge in [0.15, 0.2) is 17.8 Å². The molecule has 0 bridgehead atoms. The van der Waals surface area contributed by atoms with Gasteiger partial charge in [-0.1, -0.05) is 25.1 Å². The molecule has 1 atom stereocenters. The van der Waals surface area contributed by atoms with Gasteiger partial charge in [-0.05, 0) is 44.5 Å². The highest BCUT2D eigenvalue weighted by molar-refractivity contribution is 6.03. The highest BCUT2D eigenvalue weighted by Gasteiger charge is 2.29. The van der Waals surface area contributed by atoms with Gasteiger partial charge in [-0.25, -0.2) is 9.36 Å². The Hall–Kier alpha value is -3.48. The van der Waals surface area contributed by atoms with Crippen LogP contribution in [0.1, 0.15) is 55.2 Å². The molecule has 0 unspecified atom stereocenters. The molecule has 0 amide bonds. The minimum absolute atomic E-state index is 0.371. The number of carbonyl (C=O) groups excluding carboxylic acids is 2. The van der Waals surface area contributed by atoms with Crippen molar-refractivity contribution in [2.75, 3.05) is 21.3 Å². The number of aromatic nitrogens is 1. The van der Waals surface area contributed by atoms with E-state index in [1.54, 1.807) is 41.1 Å². The summed E-state index contributed by atoms with van der Waals surface area (Å²) in [6.45, 7) is 7.33. The zero-order valence-corrected chi connectivity index (χ0v) is 19.5. The van der Waals surface area contributed by atoms with Crippen LogP contribution in [-0.4, -0.2) is 43.9 Å². The highest BCUT2D eigenvalue weighted by atomic mass is 16.6. The molecule has 1 heterocycles. The Morgan fingerprint density at radius 3 is 2.09 bits per heavy atom. The van der Waals surface area contributed by atoms with E-state index in [1.807, 2.05) is 37.3 Å². The lowest BCUT2D eigenvalue weighted by Gasteiger charge is -2.23. The van der Waals surface area contributed by atoms with E-state index < -0.39 is 11.7 Å². The summed E-state index contributed by atoms with van der Waals surface area (Å²) in [5.41, 5.74) is 1.67. The summed E-state index contributed by atoms with van der Waals surface area (Å²) < 4.78 is 23.6. The molecule has 0 aliphatic heterocycles. The van der Waals surface area contributed by atoms with Gasteiger partial charge in [0.2, 0.25) is 5.75 Å². The van der Waals surface area contributed by atoms with Crippen LogP contribution in [0.25, 0.3) is 10.9 Å². The molecule has 0 fully saturated rings. The molecule has 0 radical (unpaired) electrons. The van der Waals surface area contributed by atoms with Crippen LogP contribution in [-0.2, 0) is 4.74 Å². The molecule has 0 spiro atoms. The fourth-order valence-corrected chi connectivity index (χ4v) is 3.85. The summed E-state index contributed by atoms with van der Waals surface area (Å²) in [4.78, 5) is 25.5. The smallest absolute Gasteiger partial charge is 0.419 e. The van der Waals surface area contributed by atoms with Gasteiger partial charge in [0.05, 0.1) is 26.8 Å². The topological polar surface area (TPSA) is 76.0 Å². The molecule has 0 saturated carbocycles. The number of hydrogen-bond donors (Lipinski definition) is 0. The molecule has 0 aliphatic carbocycles. The van der Waals surface area contributed by atoms with Crippen LogP contribution in [0.4, 0.5) is 4.79 Å². The van der Waals surface area contributed by atoms with Crippen LogP contribution in [0.3, 0.4) is 0 Å². The fraction of sp³-hybridized carbons (Fsp3) is 0.360. The number of aldehydes is 1. The third kappa shape index (κ3) is 4.15. The van der Waals surface area contributed by atoms with Gasteiger partial charge in [-0.2, -0.15) is 0 Å². The molecular weight excluding hydrogens is 410 g/mol. The molecule has 1 aromatic heterocycles. The van der Waals surface area contributed by atoms with E-state index in [4.69, 9.17) is 18.9 Å². The number of ether oxygens (including phenoxy) is 4. The van der Waals surface area contributed by atoms with Crippen molar-refractivity contribution < 1.29 is 28.5 Å². The Bertz CT molecular complexity index is 1130. The Morgan fingerprint density at radius 1 is 1.00 bits per heavy atom. The van der Waals surface area contributed by atoms with Crippen molar-refractivity contribution in [3.05, 3.63) is 53.2 Å². The van der Waals surface area contributed by atoms with Gasteiger partial charge in [-0.15, -0.1) is 0 Å². The lowest BCUT2D eigenvalue weighted by Crippen LogP contribution is -2.28. The van der Waals surface area contributed by atoms with E-state index in [-0.39, 0.29) is 5.92 Å². The molecular formula is C25H29NO6. The number of nitrogens with zero attached hydrogens (tertiary/aromatic N) is 1. The first-order valence-electron chi connectivity index (χ1n) is 10.3. The number of methoxy groups -OCH3 is 3. The van der Waals surface area contributed by atoms with Gasteiger partial charge >= 0.3 is 6.09 Å². The van der Waals surface area contributed by atoms with Gasteiger partial charge in [0.25, 0.3) is 0 Å². The maximum atomic E-state index is 13.3. The van der Waals surface area contributed by atoms with E-state index >= 15 is 0 Å². The fourth-order valence-electron chi connectivity index (χ4n) is 3.85. The van der Waals surface area contributed by atoms with Crippen molar-refractivity contribution >= 4 is 23.3 Å². The number of fused-ring (bicyclic) bond motifs is 1. The lowest BCUT2D eigenvalue weighted by molar-refractivity contribution is 0.0539. The minimum Gasteiger partial charge on any atom is -0.493 e. The normalized spacial score (nSPS) is 12.3. The quantitative estimate of drug-likeness (QED) is 0.478. The van der Waals surface area contributed by atoms with E-state index in [0.717, 1.165) is 11.8 Å². The Morgan fingerprint density at radius 2 is 1.59 bits per heavy atom. The zero-order valence-electron chi connectivity index (χ0n) is 19.5. The number of rotatable bonds is 6. The third-order valence-corrected chi connectivity index (χ3v) is 5.24. The summed E-state index contributed by atoms with van der Waals surface area (Å²) in [5.74, 6) is 1.07. The second-order valence-electron chi connectivity index (χ2n) is 8.43. The summed E-state index contributed by atoms with van der Waals surface area (Å²) in [5, 5.41) is 0.683. The van der Waals surface area contributed by atoms with Crippen molar-refractivity contribution in [2.45, 2.75) is 39.2 Å². The van der Waals surface area contributed by atoms with Crippen molar-refractivity contribution in [2.24, 2.45) is 0 Å². The van der Waals surface area contributed by atoms with Crippen molar-refractivity contribution in [3.63, 3.8) is 0 Å². The number of para-hydroxylation sites is 1. The second-order valence-corrected chi connectivity index (χ2v) is 8.43. The molecule has 3 rings (SSSR count). The first-order chi connectivity index (χ1) is 15.2. The van der Waals surface area contributed by atoms with Gasteiger partial charge < -0.3 is 18.9 Å². The average Bonchev–Trinajstić information content (AvgIpc) is 3.10. The maximum Gasteiger partial charge on any atom is 0.419 e. The molecule has 0 aliphatic rings. The number of hydrogen-bond acceptors (Lipinski definition) is 6. The molecule has 0 saturated heterocycles. The van der Waals surface area contributed by atoms with Crippen LogP contribution < -0.4 is 14.2 Å². The van der Waals surface area contributed by atoms with Gasteiger partial charge in [-0.3, -0.25) is 4.79 Å². The summed E-state index contributed by atoms with van der Waals surface area (Å²) in [7, 11) is 4.62. The average molecular weight is 440 g/mol. The van der Waals surface area contributed by atoms with E-state index in [2.05, 4.69) is 0 Å². The predicted molar refractivity (Wildman–Crippen MR) is 123 cm³/mol. The number of benzene rings is 2. The molecule has 0 N–H and O–H groups in total. The first kappa shape index (κ1) is 23.2. The highest BCUT2D eigenvalue weighted by Crippen LogP contribution is 2.42. The lowest BCUT2D eigenvalue weighted by atomic mass is 9.94. The zero-order chi connectivity index (χ0) is 23.6. The van der Waals surface area contributed by atoms with Crippen LogP contribution in [0.5, 0.6) is 17.2 Å². The van der Waals surface area contributed by atoms with Gasteiger partial charge in [0.1, 0.15) is 5.60 Å². The Labute approximate surface area is 187 Å². The molecule has 7 heteroatoms. The van der Waals surface area contributed by atoms with Crippen LogP contribution in [0, 0.1) is 0 Å². The van der Waals surface area contributed by atoms with Crippen LogP contribution in [0.15, 0.2) is 36.4 Å².